The number of alkyl halides is 1. The van der Waals surface area contributed by atoms with E-state index < -0.39 is 21.9 Å². The molecule has 16 nitrogen and oxygen atoms in total. The van der Waals surface area contributed by atoms with E-state index in [1.807, 2.05) is 31.1 Å². The third-order valence-electron chi connectivity index (χ3n) is 14.2. The minimum Gasteiger partial charge on any atom is -0.280 e. The average molecular weight is 1220 g/mol. The topological polar surface area (TPSA) is 200 Å². The van der Waals surface area contributed by atoms with Crippen molar-refractivity contribution in [3.05, 3.63) is 83.7 Å². The monoisotopic (exact) mass is 1210 g/mol. The number of amides is 1. The molecular weight excluding hydrogens is 1110 g/mol. The van der Waals surface area contributed by atoms with Crippen LogP contribution in [0.4, 0.5) is 0 Å². The van der Waals surface area contributed by atoms with Gasteiger partial charge < -0.3 is 14.2 Å². The van der Waals surface area contributed by atoms with Crippen LogP contribution in [-0.2, 0) is 54.8 Å². The summed E-state index contributed by atoms with van der Waals surface area (Å²) in [4.78, 5) is 42.0. The van der Waals surface area contributed by atoms with Crippen molar-refractivity contribution in [1.29, 1.82) is 0 Å². The molecule has 4 N–H and O–H groups in total. The summed E-state index contributed by atoms with van der Waals surface area (Å²) in [5.74, 6) is 1.76. The number of nitrogens with two attached hydrogens (primary N) is 1. The van der Waals surface area contributed by atoms with E-state index in [1.165, 1.54) is 31.7 Å². The molecule has 4 atom stereocenters. The quantitative estimate of drug-likeness (QED) is 0.0293. The number of carbonyl (C=O) groups is 2. The van der Waals surface area contributed by atoms with Gasteiger partial charge in [-0.1, -0.05) is 86.1 Å². The predicted octanol–water partition coefficient (Wildman–Crippen LogP) is 12.9. The molecular formula is C60H110B2Cl2N10O6Si2. The van der Waals surface area contributed by atoms with Crippen LogP contribution in [0, 0.1) is 0 Å². The summed E-state index contributed by atoms with van der Waals surface area (Å²) in [5, 5.41) is 5.85. The van der Waals surface area contributed by atoms with Gasteiger partial charge in [0.2, 0.25) is 5.24 Å². The first kappa shape index (κ1) is 84.3. The molecule has 464 valence electrons. The van der Waals surface area contributed by atoms with Gasteiger partial charge in [-0.05, 0) is 81.2 Å². The number of hydrogen-bond acceptors (Lipinski definition) is 13. The third kappa shape index (κ3) is 28.2. The van der Waals surface area contributed by atoms with Crippen molar-refractivity contribution in [2.45, 2.75) is 186 Å². The van der Waals surface area contributed by atoms with Crippen LogP contribution in [0.2, 0.25) is 36.3 Å². The van der Waals surface area contributed by atoms with Crippen LogP contribution >= 0.6 is 23.2 Å². The molecule has 82 heavy (non-hydrogen) atoms. The van der Waals surface area contributed by atoms with Crippen LogP contribution < -0.4 is 16.4 Å². The summed E-state index contributed by atoms with van der Waals surface area (Å²) < 4.78 is 38.5. The van der Waals surface area contributed by atoms with Crippen molar-refractivity contribution >= 4 is 77.5 Å². The molecule has 2 aromatic heterocycles. The zero-order valence-corrected chi connectivity index (χ0v) is 51.3. The Morgan fingerprint density at radius 3 is 1.37 bits per heavy atom. The summed E-state index contributed by atoms with van der Waals surface area (Å²) in [5.41, 5.74) is 11.9. The number of hydrogen-bond donors (Lipinski definition) is 3. The van der Waals surface area contributed by atoms with Gasteiger partial charge in [0, 0.05) is 0 Å². The van der Waals surface area contributed by atoms with E-state index in [1.54, 1.807) is 0 Å². The van der Waals surface area contributed by atoms with Gasteiger partial charge in [-0.3, -0.25) is 4.79 Å². The second-order valence-corrected chi connectivity index (χ2v) is 32.7. The van der Waals surface area contributed by atoms with Gasteiger partial charge in [0.15, 0.2) is 16.6 Å². The van der Waals surface area contributed by atoms with Gasteiger partial charge in [0.25, 0.3) is 0 Å². The van der Waals surface area contributed by atoms with E-state index in [-0.39, 0.29) is 90.7 Å². The fourth-order valence-corrected chi connectivity index (χ4v) is 10.1. The molecule has 2 aliphatic rings. The number of halogens is 2. The fourth-order valence-electron chi connectivity index (χ4n) is 7.40. The number of aromatic nitrogens is 4. The molecule has 4 heterocycles. The van der Waals surface area contributed by atoms with E-state index >= 15 is 0 Å². The Labute approximate surface area is 511 Å². The van der Waals surface area contributed by atoms with Crippen LogP contribution in [0.25, 0.3) is 22.5 Å². The van der Waals surface area contributed by atoms with Crippen LogP contribution in [0.5, 0.6) is 0 Å². The minimum absolute atomic E-state index is 0. The van der Waals surface area contributed by atoms with Crippen molar-refractivity contribution in [3.8, 4) is 22.5 Å². The number of aliphatic imine (C=N–C) groups is 2. The summed E-state index contributed by atoms with van der Waals surface area (Å²) in [6.07, 6.45) is 10.3. The van der Waals surface area contributed by atoms with Gasteiger partial charge in [-0.25, -0.2) is 0 Å². The minimum atomic E-state index is -1.91. The second kappa shape index (κ2) is 40.2. The molecule has 0 spiro atoms. The van der Waals surface area contributed by atoms with Crippen LogP contribution in [0.1, 0.15) is 148 Å². The normalized spacial score (nSPS) is 14.4. The summed E-state index contributed by atoms with van der Waals surface area (Å²) in [6.45, 7) is 32.4. The zero-order valence-electron chi connectivity index (χ0n) is 47.8. The number of benzene rings is 2. The average Bonchev–Trinajstić information content (AvgIpc) is 3.91. The standard InChI is InChI=1S/C27H42BN5O3Si.C22H35BN4O2Si.C3H7N.C2H2Cl2O.6CH4/c1-20(36-37(6,7)27(2,3)4)26-31-24(17-32(26)5)22-11-9-21(10-12-22)15-23(30-19-28-35)16-29-25(34)18-33-13-8-14-33;1-16(29-30(6,7)22(2,3)4)21-26-20(14-27(21)5)18-10-8-17(9-11-18)12-19(13-24)25-15-23-28;1-2-4-3-1;3-1-2(4)5;;;;;;/h9-12,17,19-20,23H,8,13-16,18H2,1-7H3,(H,29,34);8-11,14-16,19H,12-13,24H2,1-7H3;4H,1-3H2;1H2;6*1H4. The molecule has 0 aliphatic carbocycles. The first-order chi connectivity index (χ1) is 35.6. The Hall–Kier alpha value is -4.12. The first-order valence-electron chi connectivity index (χ1n) is 26.3. The number of rotatable bonds is 22. The molecule has 0 radical (unpaired) electrons. The maximum atomic E-state index is 12.2. The third-order valence-corrected chi connectivity index (χ3v) is 23.8. The Kier molecular flexibility index (Phi) is 41.4. The number of imidazole rings is 2. The van der Waals surface area contributed by atoms with Crippen molar-refractivity contribution in [3.63, 3.8) is 0 Å². The van der Waals surface area contributed by atoms with Crippen molar-refractivity contribution < 1.29 is 27.9 Å². The first-order valence-corrected chi connectivity index (χ1v) is 33.1. The van der Waals surface area contributed by atoms with Gasteiger partial charge in [0.1, 0.15) is 0 Å². The maximum absolute atomic E-state index is 12.2. The summed E-state index contributed by atoms with van der Waals surface area (Å²) in [7, 11) is 1.59. The van der Waals surface area contributed by atoms with Crippen molar-refractivity contribution in [2.24, 2.45) is 29.8 Å². The SMILES string of the molecule is C.C.C.C.C.C.C1CNC1.CC(O[Si](C)(C)C(C)(C)C)c1nc(-c2ccc(CC(CN)N=CB=O)cc2)cn1C.CC(O[Si](C)(C)C(C)(C)C)c1nc(-c2ccc(CC(CNC(=O)CN3CCC3)N=CB=O)cc2)cn1C.O=C(Cl)CCl. The van der Waals surface area contributed by atoms with Crippen LogP contribution in [0.15, 0.2) is 70.9 Å². The molecule has 0 bridgehead atoms. The number of nitrogens with zero attached hydrogens (tertiary/aromatic N) is 7. The Balaban J connectivity index is -0.000000611. The van der Waals surface area contributed by atoms with E-state index in [9.17, 15) is 19.0 Å². The summed E-state index contributed by atoms with van der Waals surface area (Å²) in [6, 6.07) is 16.2. The Bertz CT molecular complexity index is 2490. The Morgan fingerprint density at radius 1 is 0.720 bits per heavy atom. The smallest absolute Gasteiger partial charge is 0.280 e. The zero-order chi connectivity index (χ0) is 56.9. The Morgan fingerprint density at radius 2 is 1.07 bits per heavy atom. The molecule has 4 unspecified atom stereocenters. The number of likely N-dealkylation sites (tertiary alicyclic amines) is 1. The van der Waals surface area contributed by atoms with Crippen molar-refractivity contribution in [2.75, 3.05) is 51.7 Å². The number of aryl methyl sites for hydroxylation is 2. The second-order valence-electron chi connectivity index (χ2n) is 22.5. The molecule has 2 fully saturated rings. The number of nitrogens with one attached hydrogen (secondary N) is 2. The van der Waals surface area contributed by atoms with Crippen molar-refractivity contribution in [1.82, 2.24) is 34.6 Å². The van der Waals surface area contributed by atoms with Gasteiger partial charge in [-0.2, -0.15) is 0 Å². The van der Waals surface area contributed by atoms with E-state index in [0.717, 1.165) is 64.8 Å². The molecule has 22 heteroatoms. The molecule has 6 rings (SSSR count). The van der Waals surface area contributed by atoms with Gasteiger partial charge in [-0.15, -0.1) is 11.6 Å². The van der Waals surface area contributed by atoms with E-state index in [2.05, 4.69) is 160 Å². The molecule has 0 saturated carbocycles. The van der Waals surface area contributed by atoms with E-state index in [0.29, 0.717) is 46.8 Å². The molecule has 2 saturated heterocycles. The fraction of sp³-hybridized carbons (Fsp3) is 0.633. The van der Waals surface area contributed by atoms with E-state index in [4.69, 9.17) is 47.8 Å². The van der Waals surface area contributed by atoms with Crippen LogP contribution in [0.3, 0.4) is 0 Å². The molecule has 2 aromatic carbocycles. The predicted molar refractivity (Wildman–Crippen MR) is 358 cm³/mol. The molecule has 4 aromatic rings. The molecule has 2 aliphatic heterocycles. The molecule has 1 amide bonds. The van der Waals surface area contributed by atoms with Gasteiger partial charge >= 0.3 is 288 Å². The summed E-state index contributed by atoms with van der Waals surface area (Å²) >= 11 is 9.55. The van der Waals surface area contributed by atoms with Crippen LogP contribution in [-0.4, -0.2) is 142 Å². The number of carbonyl (C=O) groups excluding carboxylic acids is 2. The van der Waals surface area contributed by atoms with Gasteiger partial charge in [0.05, 0.1) is 5.88 Å².